The van der Waals surface area contributed by atoms with Crippen molar-refractivity contribution < 1.29 is 18.8 Å². The van der Waals surface area contributed by atoms with Crippen LogP contribution in [0.5, 0.6) is 0 Å². The average Bonchev–Trinajstić information content (AvgIpc) is 3.14. The van der Waals surface area contributed by atoms with Gasteiger partial charge in [-0.2, -0.15) is 0 Å². The molecule has 4 rings (SSSR count). The Bertz CT molecular complexity index is 567. The van der Waals surface area contributed by atoms with Crippen molar-refractivity contribution >= 4 is 5.91 Å². The van der Waals surface area contributed by atoms with Crippen molar-refractivity contribution in [3.05, 3.63) is 17.0 Å². The number of carbonyl (C=O) groups excluding carboxylic acids is 1. The van der Waals surface area contributed by atoms with Crippen molar-refractivity contribution in [1.82, 2.24) is 10.1 Å². The van der Waals surface area contributed by atoms with Crippen LogP contribution in [0.25, 0.3) is 0 Å². The van der Waals surface area contributed by atoms with Crippen LogP contribution in [0, 0.1) is 5.92 Å². The Hall–Kier alpha value is -1.40. The molecule has 120 valence electrons. The van der Waals surface area contributed by atoms with Gasteiger partial charge >= 0.3 is 0 Å². The summed E-state index contributed by atoms with van der Waals surface area (Å²) in [5.41, 5.74) is 1.54. The molecule has 0 saturated carbocycles. The van der Waals surface area contributed by atoms with Crippen LogP contribution in [0.2, 0.25) is 0 Å². The van der Waals surface area contributed by atoms with Gasteiger partial charge in [0.2, 0.25) is 0 Å². The number of piperidine rings is 1. The lowest BCUT2D eigenvalue weighted by molar-refractivity contribution is -0.181. The molecule has 0 bridgehead atoms. The molecular formula is C16H22N2O4. The standard InChI is InChI=1S/C16H22N2O4/c1-11-2-3-13-12(10-11)14(17-22-13)15(19)18-6-4-16(5-7-18)20-8-9-21-16/h11H,2-10H2,1H3/t11-/m1/s1. The summed E-state index contributed by atoms with van der Waals surface area (Å²) in [6.45, 7) is 4.82. The van der Waals surface area contributed by atoms with Crippen LogP contribution in [0.3, 0.4) is 0 Å². The topological polar surface area (TPSA) is 64.8 Å². The Labute approximate surface area is 129 Å². The first-order chi connectivity index (χ1) is 10.7. The van der Waals surface area contributed by atoms with Crippen molar-refractivity contribution in [2.24, 2.45) is 5.92 Å². The molecule has 3 heterocycles. The molecule has 6 heteroatoms. The van der Waals surface area contributed by atoms with E-state index in [1.165, 1.54) is 0 Å². The first-order valence-corrected chi connectivity index (χ1v) is 8.21. The molecule has 1 atom stereocenters. The molecule has 22 heavy (non-hydrogen) atoms. The summed E-state index contributed by atoms with van der Waals surface area (Å²) < 4.78 is 16.8. The van der Waals surface area contributed by atoms with E-state index < -0.39 is 5.79 Å². The molecule has 1 aromatic heterocycles. The van der Waals surface area contributed by atoms with Crippen LogP contribution < -0.4 is 0 Å². The van der Waals surface area contributed by atoms with E-state index in [-0.39, 0.29) is 5.91 Å². The molecule has 1 spiro atoms. The molecule has 1 aromatic rings. The van der Waals surface area contributed by atoms with Crippen molar-refractivity contribution in [2.45, 2.75) is 44.8 Å². The highest BCUT2D eigenvalue weighted by molar-refractivity contribution is 5.94. The minimum atomic E-state index is -0.450. The molecule has 2 fully saturated rings. The Morgan fingerprint density at radius 3 is 2.73 bits per heavy atom. The SMILES string of the molecule is C[C@@H]1CCc2onc(C(=O)N3CCC4(CC3)OCCO4)c2C1. The van der Waals surface area contributed by atoms with Gasteiger partial charge in [-0.15, -0.1) is 0 Å². The van der Waals surface area contributed by atoms with Gasteiger partial charge in [0.25, 0.3) is 5.91 Å². The number of amides is 1. The van der Waals surface area contributed by atoms with Crippen LogP contribution in [-0.4, -0.2) is 48.1 Å². The van der Waals surface area contributed by atoms with E-state index in [4.69, 9.17) is 14.0 Å². The Kier molecular flexibility index (Phi) is 3.46. The van der Waals surface area contributed by atoms with E-state index in [0.29, 0.717) is 37.9 Å². The van der Waals surface area contributed by atoms with Gasteiger partial charge in [0.15, 0.2) is 11.5 Å². The van der Waals surface area contributed by atoms with Crippen LogP contribution in [0.1, 0.15) is 48.0 Å². The number of rotatable bonds is 1. The Morgan fingerprint density at radius 2 is 2.00 bits per heavy atom. The third kappa shape index (κ3) is 2.34. The lowest BCUT2D eigenvalue weighted by Crippen LogP contribution is -2.47. The number of nitrogens with zero attached hydrogens (tertiary/aromatic N) is 2. The quantitative estimate of drug-likeness (QED) is 0.791. The lowest BCUT2D eigenvalue weighted by atomic mass is 9.88. The zero-order chi connectivity index (χ0) is 15.2. The number of aryl methyl sites for hydroxylation is 1. The van der Waals surface area contributed by atoms with Gasteiger partial charge in [0, 0.05) is 37.9 Å². The van der Waals surface area contributed by atoms with Crippen LogP contribution >= 0.6 is 0 Å². The summed E-state index contributed by atoms with van der Waals surface area (Å²) >= 11 is 0. The number of carbonyl (C=O) groups is 1. The molecule has 0 radical (unpaired) electrons. The number of ether oxygens (including phenoxy) is 2. The minimum Gasteiger partial charge on any atom is -0.360 e. The molecule has 1 aliphatic carbocycles. The van der Waals surface area contributed by atoms with E-state index in [9.17, 15) is 4.79 Å². The largest absolute Gasteiger partial charge is 0.360 e. The van der Waals surface area contributed by atoms with E-state index in [2.05, 4.69) is 12.1 Å². The van der Waals surface area contributed by atoms with Gasteiger partial charge in [-0.05, 0) is 18.8 Å². The first kappa shape index (κ1) is 14.2. The summed E-state index contributed by atoms with van der Waals surface area (Å²) in [6.07, 6.45) is 4.35. The van der Waals surface area contributed by atoms with Gasteiger partial charge in [0.1, 0.15) is 5.76 Å². The van der Waals surface area contributed by atoms with Gasteiger partial charge < -0.3 is 18.9 Å². The van der Waals surface area contributed by atoms with Gasteiger partial charge in [0.05, 0.1) is 13.2 Å². The number of hydrogen-bond donors (Lipinski definition) is 0. The maximum absolute atomic E-state index is 12.8. The maximum atomic E-state index is 12.8. The molecule has 3 aliphatic rings. The fraction of sp³-hybridized carbons (Fsp3) is 0.750. The van der Waals surface area contributed by atoms with Crippen molar-refractivity contribution in [3.8, 4) is 0 Å². The number of fused-ring (bicyclic) bond motifs is 1. The molecular weight excluding hydrogens is 284 g/mol. The third-order valence-corrected chi connectivity index (χ3v) is 5.11. The maximum Gasteiger partial charge on any atom is 0.276 e. The highest BCUT2D eigenvalue weighted by atomic mass is 16.7. The normalized spacial score (nSPS) is 27.1. The third-order valence-electron chi connectivity index (χ3n) is 5.11. The average molecular weight is 306 g/mol. The molecule has 2 saturated heterocycles. The predicted molar refractivity (Wildman–Crippen MR) is 77.5 cm³/mol. The van der Waals surface area contributed by atoms with Gasteiger partial charge in [-0.1, -0.05) is 12.1 Å². The number of hydrogen-bond acceptors (Lipinski definition) is 5. The van der Waals surface area contributed by atoms with Gasteiger partial charge in [-0.25, -0.2) is 0 Å². The van der Waals surface area contributed by atoms with Crippen LogP contribution in [0.4, 0.5) is 0 Å². The monoisotopic (exact) mass is 306 g/mol. The van der Waals surface area contributed by atoms with E-state index in [0.717, 1.165) is 43.4 Å². The summed E-state index contributed by atoms with van der Waals surface area (Å²) in [5, 5.41) is 4.07. The van der Waals surface area contributed by atoms with Crippen LogP contribution in [0.15, 0.2) is 4.52 Å². The fourth-order valence-electron chi connectivity index (χ4n) is 3.73. The number of likely N-dealkylation sites (tertiary alicyclic amines) is 1. The highest BCUT2D eigenvalue weighted by Gasteiger charge is 2.41. The zero-order valence-corrected chi connectivity index (χ0v) is 13.0. The van der Waals surface area contributed by atoms with E-state index >= 15 is 0 Å². The van der Waals surface area contributed by atoms with Gasteiger partial charge in [-0.3, -0.25) is 4.79 Å². The summed E-state index contributed by atoms with van der Waals surface area (Å²) in [5.74, 6) is 1.03. The minimum absolute atomic E-state index is 0.00746. The predicted octanol–water partition coefficient (Wildman–Crippen LogP) is 1.78. The zero-order valence-electron chi connectivity index (χ0n) is 13.0. The molecule has 6 nitrogen and oxygen atoms in total. The smallest absolute Gasteiger partial charge is 0.276 e. The summed E-state index contributed by atoms with van der Waals surface area (Å²) in [6, 6.07) is 0. The molecule has 0 N–H and O–H groups in total. The van der Waals surface area contributed by atoms with Crippen molar-refractivity contribution in [2.75, 3.05) is 26.3 Å². The van der Waals surface area contributed by atoms with Crippen molar-refractivity contribution in [3.63, 3.8) is 0 Å². The first-order valence-electron chi connectivity index (χ1n) is 8.21. The molecule has 0 unspecified atom stereocenters. The van der Waals surface area contributed by atoms with Crippen molar-refractivity contribution in [1.29, 1.82) is 0 Å². The second-order valence-corrected chi connectivity index (χ2v) is 6.68. The van der Waals surface area contributed by atoms with Crippen LogP contribution in [-0.2, 0) is 22.3 Å². The summed E-state index contributed by atoms with van der Waals surface area (Å²) in [4.78, 5) is 14.6. The molecule has 2 aliphatic heterocycles. The molecule has 0 aromatic carbocycles. The number of aromatic nitrogens is 1. The second kappa shape index (κ2) is 5.35. The Morgan fingerprint density at radius 1 is 1.27 bits per heavy atom. The summed E-state index contributed by atoms with van der Waals surface area (Å²) in [7, 11) is 0. The van der Waals surface area contributed by atoms with E-state index in [1.807, 2.05) is 4.90 Å². The molecule has 1 amide bonds. The highest BCUT2D eigenvalue weighted by Crippen LogP contribution is 2.33. The lowest BCUT2D eigenvalue weighted by Gasteiger charge is -2.37. The fourth-order valence-corrected chi connectivity index (χ4v) is 3.73. The van der Waals surface area contributed by atoms with E-state index in [1.54, 1.807) is 0 Å². The second-order valence-electron chi connectivity index (χ2n) is 6.68. The Balaban J connectivity index is 1.48.